The highest BCUT2D eigenvalue weighted by Crippen LogP contribution is 2.40. The van der Waals surface area contributed by atoms with Crippen LogP contribution in [0.4, 0.5) is 10.5 Å². The number of hydrogen-bond acceptors (Lipinski definition) is 4. The van der Waals surface area contributed by atoms with Crippen LogP contribution in [0.5, 0.6) is 0 Å². The summed E-state index contributed by atoms with van der Waals surface area (Å²) < 4.78 is 5.73. The van der Waals surface area contributed by atoms with E-state index in [1.807, 2.05) is 19.1 Å². The van der Waals surface area contributed by atoms with Crippen molar-refractivity contribution in [3.8, 4) is 0 Å². The summed E-state index contributed by atoms with van der Waals surface area (Å²) in [5.41, 5.74) is 2.18. The molecule has 0 atom stereocenters. The van der Waals surface area contributed by atoms with E-state index in [4.69, 9.17) is 9.52 Å². The van der Waals surface area contributed by atoms with Gasteiger partial charge in [-0.3, -0.25) is 0 Å². The molecule has 2 N–H and O–H groups in total. The molecule has 21 heavy (non-hydrogen) atoms. The molecular weight excluding hydrogens is 270 g/mol. The van der Waals surface area contributed by atoms with Crippen molar-refractivity contribution in [1.82, 2.24) is 9.88 Å². The number of carbonyl (C=O) groups excluding carboxylic acids is 1. The number of aliphatic hydroxyl groups excluding tert-OH is 1. The molecule has 2 amide bonds. The fourth-order valence-electron chi connectivity index (χ4n) is 2.25. The third-order valence-electron chi connectivity index (χ3n) is 3.62. The molecule has 2 aromatic rings. The van der Waals surface area contributed by atoms with Crippen molar-refractivity contribution >= 4 is 22.8 Å². The first kappa shape index (κ1) is 13.9. The van der Waals surface area contributed by atoms with Crippen LogP contribution in [0.2, 0.25) is 0 Å². The Bertz CT molecular complexity index is 649. The van der Waals surface area contributed by atoms with Crippen molar-refractivity contribution in [3.05, 3.63) is 24.1 Å². The number of aromatic nitrogens is 1. The van der Waals surface area contributed by atoms with Gasteiger partial charge in [0.2, 0.25) is 0 Å². The number of amides is 2. The van der Waals surface area contributed by atoms with Crippen LogP contribution in [0.15, 0.2) is 22.6 Å². The van der Waals surface area contributed by atoms with Crippen LogP contribution >= 0.6 is 0 Å². The highest BCUT2D eigenvalue weighted by molar-refractivity contribution is 5.91. The van der Waals surface area contributed by atoms with Crippen molar-refractivity contribution in [3.63, 3.8) is 0 Å². The summed E-state index contributed by atoms with van der Waals surface area (Å²) in [5.74, 6) is 1.26. The van der Waals surface area contributed by atoms with Gasteiger partial charge in [0.15, 0.2) is 11.5 Å². The van der Waals surface area contributed by atoms with E-state index in [-0.39, 0.29) is 12.6 Å². The van der Waals surface area contributed by atoms with Crippen LogP contribution in [0.25, 0.3) is 11.1 Å². The van der Waals surface area contributed by atoms with Crippen molar-refractivity contribution in [1.29, 1.82) is 0 Å². The molecule has 1 heterocycles. The second-order valence-corrected chi connectivity index (χ2v) is 5.24. The van der Waals surface area contributed by atoms with E-state index in [1.165, 1.54) is 0 Å². The number of oxazole rings is 1. The highest BCUT2D eigenvalue weighted by atomic mass is 16.3. The van der Waals surface area contributed by atoms with Gasteiger partial charge in [-0.2, -0.15) is 0 Å². The summed E-state index contributed by atoms with van der Waals surface area (Å²) in [5, 5.41) is 11.8. The molecule has 1 aromatic carbocycles. The Balaban J connectivity index is 1.75. The van der Waals surface area contributed by atoms with Crippen molar-refractivity contribution < 1.29 is 14.3 Å². The normalized spacial score (nSPS) is 14.4. The topological polar surface area (TPSA) is 78.6 Å². The second kappa shape index (κ2) is 5.73. The van der Waals surface area contributed by atoms with E-state index in [0.29, 0.717) is 30.3 Å². The molecule has 3 rings (SSSR count). The summed E-state index contributed by atoms with van der Waals surface area (Å²) in [7, 11) is 0. The van der Waals surface area contributed by atoms with Crippen molar-refractivity contribution in [2.24, 2.45) is 0 Å². The molecule has 0 spiro atoms. The fourth-order valence-corrected chi connectivity index (χ4v) is 2.25. The maximum Gasteiger partial charge on any atom is 0.321 e. The molecule has 0 unspecified atom stereocenters. The highest BCUT2D eigenvalue weighted by Gasteiger charge is 2.28. The van der Waals surface area contributed by atoms with E-state index in [0.717, 1.165) is 24.2 Å². The Labute approximate surface area is 122 Å². The van der Waals surface area contributed by atoms with Gasteiger partial charge in [-0.05, 0) is 31.9 Å². The second-order valence-electron chi connectivity index (χ2n) is 5.24. The first-order chi connectivity index (χ1) is 10.2. The number of rotatable bonds is 5. The van der Waals surface area contributed by atoms with Gasteiger partial charge < -0.3 is 19.7 Å². The third-order valence-corrected chi connectivity index (χ3v) is 3.62. The Kier molecular flexibility index (Phi) is 3.79. The van der Waals surface area contributed by atoms with E-state index in [1.54, 1.807) is 11.0 Å². The lowest BCUT2D eigenvalue weighted by atomic mass is 10.3. The van der Waals surface area contributed by atoms with Crippen LogP contribution in [0.3, 0.4) is 0 Å². The maximum absolute atomic E-state index is 12.1. The Hall–Kier alpha value is -2.08. The predicted octanol–water partition coefficient (Wildman–Crippen LogP) is 2.55. The first-order valence-corrected chi connectivity index (χ1v) is 7.28. The molecule has 0 saturated heterocycles. The van der Waals surface area contributed by atoms with Crippen molar-refractivity contribution in [2.75, 3.05) is 25.0 Å². The number of hydrogen-bond donors (Lipinski definition) is 2. The zero-order chi connectivity index (χ0) is 14.8. The molecule has 0 radical (unpaired) electrons. The maximum atomic E-state index is 12.1. The lowest BCUT2D eigenvalue weighted by Crippen LogP contribution is -2.36. The Morgan fingerprint density at radius 3 is 3.00 bits per heavy atom. The van der Waals surface area contributed by atoms with Gasteiger partial charge in [0, 0.05) is 30.8 Å². The predicted molar refractivity (Wildman–Crippen MR) is 79.3 cm³/mol. The van der Waals surface area contributed by atoms with Crippen LogP contribution in [0.1, 0.15) is 31.6 Å². The summed E-state index contributed by atoms with van der Waals surface area (Å²) in [6, 6.07) is 5.22. The molecule has 0 aliphatic heterocycles. The molecule has 112 valence electrons. The minimum absolute atomic E-state index is 0.0485. The van der Waals surface area contributed by atoms with Gasteiger partial charge in [-0.1, -0.05) is 0 Å². The monoisotopic (exact) mass is 289 g/mol. The van der Waals surface area contributed by atoms with E-state index < -0.39 is 0 Å². The fraction of sp³-hybridized carbons (Fsp3) is 0.467. The van der Waals surface area contributed by atoms with E-state index in [9.17, 15) is 4.79 Å². The smallest absolute Gasteiger partial charge is 0.321 e. The van der Waals surface area contributed by atoms with Gasteiger partial charge in [0.05, 0.1) is 6.61 Å². The minimum atomic E-state index is -0.229. The van der Waals surface area contributed by atoms with Gasteiger partial charge in [0.25, 0.3) is 0 Å². The number of carbonyl (C=O) groups is 1. The zero-order valence-corrected chi connectivity index (χ0v) is 12.0. The number of anilines is 1. The van der Waals surface area contributed by atoms with Gasteiger partial charge in [0.1, 0.15) is 5.52 Å². The minimum Gasteiger partial charge on any atom is -0.440 e. The summed E-state index contributed by atoms with van der Waals surface area (Å²) in [6.45, 7) is 2.69. The van der Waals surface area contributed by atoms with Crippen LogP contribution in [-0.4, -0.2) is 40.7 Å². The molecule has 1 aliphatic rings. The number of nitrogens with zero attached hydrogens (tertiary/aromatic N) is 2. The molecular formula is C15H19N3O3. The number of nitrogens with one attached hydrogen (secondary N) is 1. The molecule has 1 aliphatic carbocycles. The quantitative estimate of drug-likeness (QED) is 0.886. The van der Waals surface area contributed by atoms with E-state index >= 15 is 0 Å². The Morgan fingerprint density at radius 2 is 2.33 bits per heavy atom. The number of fused-ring (bicyclic) bond motifs is 1. The number of aliphatic hydroxyl groups is 1. The standard InChI is InChI=1S/C15H19N3O3/c1-2-18(7-8-19)15(20)16-11-5-6-12-13(9-11)21-14(17-12)10-3-4-10/h5-6,9-10,19H,2-4,7-8H2,1H3,(H,16,20). The SMILES string of the molecule is CCN(CCO)C(=O)Nc1ccc2nc(C3CC3)oc2c1. The van der Waals surface area contributed by atoms with Crippen LogP contribution in [0, 0.1) is 0 Å². The molecule has 1 aromatic heterocycles. The zero-order valence-electron chi connectivity index (χ0n) is 12.0. The first-order valence-electron chi connectivity index (χ1n) is 7.28. The van der Waals surface area contributed by atoms with Crippen molar-refractivity contribution in [2.45, 2.75) is 25.7 Å². The average molecular weight is 289 g/mol. The van der Waals surface area contributed by atoms with Gasteiger partial charge in [-0.15, -0.1) is 0 Å². The average Bonchev–Trinajstić information content (AvgIpc) is 3.24. The molecule has 1 saturated carbocycles. The van der Waals surface area contributed by atoms with E-state index in [2.05, 4.69) is 10.3 Å². The lowest BCUT2D eigenvalue weighted by Gasteiger charge is -2.20. The third kappa shape index (κ3) is 3.00. The summed E-state index contributed by atoms with van der Waals surface area (Å²) in [4.78, 5) is 18.0. The number of urea groups is 1. The van der Waals surface area contributed by atoms with Crippen LogP contribution in [-0.2, 0) is 0 Å². The summed E-state index contributed by atoms with van der Waals surface area (Å²) >= 11 is 0. The molecule has 6 heteroatoms. The largest absolute Gasteiger partial charge is 0.440 e. The van der Waals surface area contributed by atoms with Gasteiger partial charge in [-0.25, -0.2) is 9.78 Å². The molecule has 6 nitrogen and oxygen atoms in total. The van der Waals surface area contributed by atoms with Gasteiger partial charge >= 0.3 is 6.03 Å². The molecule has 1 fully saturated rings. The molecule has 0 bridgehead atoms. The Morgan fingerprint density at radius 1 is 1.52 bits per heavy atom. The lowest BCUT2D eigenvalue weighted by molar-refractivity contribution is 0.192. The van der Waals surface area contributed by atoms with Crippen LogP contribution < -0.4 is 5.32 Å². The summed E-state index contributed by atoms with van der Waals surface area (Å²) in [6.07, 6.45) is 2.28. The number of benzene rings is 1. The number of likely N-dealkylation sites (N-methyl/N-ethyl adjacent to an activating group) is 1.